The second kappa shape index (κ2) is 6.44. The minimum Gasteiger partial charge on any atom is -0.482 e. The Morgan fingerprint density at radius 2 is 2.12 bits per heavy atom. The monoisotopic (exact) mass is 347 g/mol. The maximum Gasteiger partial charge on any atom is 0.265 e. The van der Waals surface area contributed by atoms with Gasteiger partial charge in [-0.3, -0.25) is 9.78 Å². The van der Waals surface area contributed by atoms with Crippen LogP contribution in [-0.2, 0) is 4.79 Å². The molecule has 1 aromatic carbocycles. The highest BCUT2D eigenvalue weighted by molar-refractivity contribution is 5.99. The minimum atomic E-state index is -0.102. The van der Waals surface area contributed by atoms with E-state index in [9.17, 15) is 4.79 Å². The number of anilines is 1. The molecule has 2 aromatic heterocycles. The number of aromatic amines is 1. The summed E-state index contributed by atoms with van der Waals surface area (Å²) in [5, 5.41) is 11.2. The van der Waals surface area contributed by atoms with E-state index in [1.165, 1.54) is 0 Å². The van der Waals surface area contributed by atoms with Crippen molar-refractivity contribution in [2.75, 3.05) is 18.1 Å². The van der Waals surface area contributed by atoms with Gasteiger partial charge in [0.25, 0.3) is 5.91 Å². The lowest BCUT2D eigenvalue weighted by molar-refractivity contribution is -0.121. The van der Waals surface area contributed by atoms with E-state index in [-0.39, 0.29) is 12.5 Å². The molecule has 1 amide bonds. The van der Waals surface area contributed by atoms with E-state index < -0.39 is 0 Å². The van der Waals surface area contributed by atoms with E-state index in [4.69, 9.17) is 4.74 Å². The second-order valence-electron chi connectivity index (χ2n) is 5.95. The molecule has 0 fully saturated rings. The fourth-order valence-electron chi connectivity index (χ4n) is 2.96. The number of carbonyl (C=O) groups excluding carboxylic acids is 1. The number of benzene rings is 1. The number of aromatic nitrogens is 4. The molecular formula is C19H17N5O2. The first-order valence-electron chi connectivity index (χ1n) is 8.20. The number of hydrogen-bond donors (Lipinski definition) is 1. The number of ether oxygens (including phenoxy) is 1. The predicted molar refractivity (Wildman–Crippen MR) is 97.8 cm³/mol. The molecule has 4 rings (SSSR count). The molecule has 0 unspecified atom stereocenters. The lowest BCUT2D eigenvalue weighted by atomic mass is 10.1. The lowest BCUT2D eigenvalue weighted by Crippen LogP contribution is -2.38. The normalized spacial score (nSPS) is 13.3. The van der Waals surface area contributed by atoms with Crippen LogP contribution in [0.4, 0.5) is 5.69 Å². The van der Waals surface area contributed by atoms with Crippen molar-refractivity contribution in [1.29, 1.82) is 0 Å². The Hall–Kier alpha value is -3.48. The first-order valence-corrected chi connectivity index (χ1v) is 8.20. The van der Waals surface area contributed by atoms with Crippen molar-refractivity contribution in [3.05, 3.63) is 54.7 Å². The van der Waals surface area contributed by atoms with Crippen LogP contribution in [0.2, 0.25) is 0 Å². The van der Waals surface area contributed by atoms with Gasteiger partial charge in [-0.05, 0) is 37.3 Å². The lowest BCUT2D eigenvalue weighted by Gasteiger charge is -2.28. The first-order chi connectivity index (χ1) is 12.7. The molecule has 0 atom stereocenters. The van der Waals surface area contributed by atoms with Gasteiger partial charge >= 0.3 is 0 Å². The minimum absolute atomic E-state index is 0.0304. The molecule has 3 aromatic rings. The number of hydrogen-bond acceptors (Lipinski definition) is 5. The summed E-state index contributed by atoms with van der Waals surface area (Å²) in [6.45, 7) is 6.11. The number of fused-ring (bicyclic) bond motifs is 1. The van der Waals surface area contributed by atoms with Crippen molar-refractivity contribution in [2.24, 2.45) is 0 Å². The summed E-state index contributed by atoms with van der Waals surface area (Å²) in [5.74, 6) is 0.559. The Labute approximate surface area is 150 Å². The Morgan fingerprint density at radius 3 is 2.92 bits per heavy atom. The van der Waals surface area contributed by atoms with Crippen molar-refractivity contribution in [2.45, 2.75) is 6.92 Å². The van der Waals surface area contributed by atoms with E-state index in [0.29, 0.717) is 29.4 Å². The quantitative estimate of drug-likeness (QED) is 0.734. The molecule has 0 radical (unpaired) electrons. The van der Waals surface area contributed by atoms with Gasteiger partial charge in [-0.1, -0.05) is 12.1 Å². The zero-order valence-electron chi connectivity index (χ0n) is 14.3. The van der Waals surface area contributed by atoms with Crippen LogP contribution in [0, 0.1) is 6.92 Å². The van der Waals surface area contributed by atoms with Crippen molar-refractivity contribution >= 4 is 11.6 Å². The molecule has 0 spiro atoms. The van der Waals surface area contributed by atoms with Crippen LogP contribution in [0.1, 0.15) is 5.69 Å². The van der Waals surface area contributed by atoms with Gasteiger partial charge in [0, 0.05) is 17.8 Å². The van der Waals surface area contributed by atoms with Gasteiger partial charge in [0.15, 0.2) is 6.61 Å². The first kappa shape index (κ1) is 16.0. The number of nitrogens with zero attached hydrogens (tertiary/aromatic N) is 4. The number of amides is 1. The molecule has 26 heavy (non-hydrogen) atoms. The van der Waals surface area contributed by atoms with Crippen molar-refractivity contribution in [1.82, 2.24) is 20.4 Å². The van der Waals surface area contributed by atoms with Gasteiger partial charge in [0.2, 0.25) is 0 Å². The summed E-state index contributed by atoms with van der Waals surface area (Å²) in [4.78, 5) is 18.4. The van der Waals surface area contributed by atoms with Crippen LogP contribution < -0.4 is 9.64 Å². The SMILES string of the molecule is C=CCN1C(=O)COc2ccc(-c3n[nH]nc3-c3cccc(C)n3)cc21. The highest BCUT2D eigenvalue weighted by Gasteiger charge is 2.26. The molecule has 7 heteroatoms. The smallest absolute Gasteiger partial charge is 0.265 e. The van der Waals surface area contributed by atoms with Gasteiger partial charge < -0.3 is 9.64 Å². The molecule has 1 aliphatic heterocycles. The van der Waals surface area contributed by atoms with Gasteiger partial charge in [0.1, 0.15) is 17.1 Å². The van der Waals surface area contributed by atoms with Crippen LogP contribution in [0.5, 0.6) is 5.75 Å². The average Bonchev–Trinajstić information content (AvgIpc) is 3.13. The maximum absolute atomic E-state index is 12.2. The van der Waals surface area contributed by atoms with Gasteiger partial charge in [0.05, 0.1) is 11.4 Å². The van der Waals surface area contributed by atoms with Gasteiger partial charge in [-0.15, -0.1) is 6.58 Å². The van der Waals surface area contributed by atoms with Gasteiger partial charge in [-0.2, -0.15) is 15.4 Å². The molecule has 0 saturated heterocycles. The molecule has 0 saturated carbocycles. The largest absolute Gasteiger partial charge is 0.482 e. The topological polar surface area (TPSA) is 84.0 Å². The number of H-pyrrole nitrogens is 1. The molecule has 3 heterocycles. The predicted octanol–water partition coefficient (Wildman–Crippen LogP) is 2.75. The fourth-order valence-corrected chi connectivity index (χ4v) is 2.96. The summed E-state index contributed by atoms with van der Waals surface area (Å²) in [6.07, 6.45) is 1.69. The highest BCUT2D eigenvalue weighted by atomic mass is 16.5. The van der Waals surface area contributed by atoms with E-state index in [1.807, 2.05) is 43.3 Å². The van der Waals surface area contributed by atoms with Crippen LogP contribution in [0.15, 0.2) is 49.1 Å². The van der Waals surface area contributed by atoms with Crippen LogP contribution >= 0.6 is 0 Å². The molecule has 1 N–H and O–H groups in total. The number of rotatable bonds is 4. The third-order valence-electron chi connectivity index (χ3n) is 4.17. The van der Waals surface area contributed by atoms with Gasteiger partial charge in [-0.25, -0.2) is 0 Å². The van der Waals surface area contributed by atoms with Crippen LogP contribution in [-0.4, -0.2) is 39.5 Å². The van der Waals surface area contributed by atoms with Crippen molar-refractivity contribution in [3.8, 4) is 28.4 Å². The second-order valence-corrected chi connectivity index (χ2v) is 5.95. The molecule has 7 nitrogen and oxygen atoms in total. The molecule has 1 aliphatic rings. The van der Waals surface area contributed by atoms with Crippen molar-refractivity contribution in [3.63, 3.8) is 0 Å². The number of pyridine rings is 1. The van der Waals surface area contributed by atoms with Crippen LogP contribution in [0.3, 0.4) is 0 Å². The van der Waals surface area contributed by atoms with E-state index in [0.717, 1.165) is 17.0 Å². The van der Waals surface area contributed by atoms with E-state index in [2.05, 4.69) is 27.0 Å². The maximum atomic E-state index is 12.2. The number of carbonyl (C=O) groups is 1. The number of aryl methyl sites for hydroxylation is 1. The molecule has 0 bridgehead atoms. The van der Waals surface area contributed by atoms with E-state index in [1.54, 1.807) is 11.0 Å². The zero-order chi connectivity index (χ0) is 18.1. The summed E-state index contributed by atoms with van der Waals surface area (Å²) in [6, 6.07) is 11.4. The number of nitrogens with one attached hydrogen (secondary N) is 1. The molecule has 0 aliphatic carbocycles. The van der Waals surface area contributed by atoms with Crippen LogP contribution in [0.25, 0.3) is 22.6 Å². The fraction of sp³-hybridized carbons (Fsp3) is 0.158. The molecule has 130 valence electrons. The third-order valence-corrected chi connectivity index (χ3v) is 4.17. The summed E-state index contributed by atoms with van der Waals surface area (Å²) in [5.41, 5.74) is 4.49. The average molecular weight is 347 g/mol. The highest BCUT2D eigenvalue weighted by Crippen LogP contribution is 2.37. The standard InChI is InChI=1S/C19H17N5O2/c1-3-9-24-15-10-13(7-8-16(15)26-11-17(24)25)18-19(22-23-21-18)14-6-4-5-12(2)20-14/h3-8,10H,1,9,11H2,2H3,(H,21,22,23). The zero-order valence-corrected chi connectivity index (χ0v) is 14.3. The van der Waals surface area contributed by atoms with E-state index >= 15 is 0 Å². The summed E-state index contributed by atoms with van der Waals surface area (Å²) < 4.78 is 5.53. The third kappa shape index (κ3) is 2.73. The molecular weight excluding hydrogens is 330 g/mol. The Morgan fingerprint density at radius 1 is 1.27 bits per heavy atom. The summed E-state index contributed by atoms with van der Waals surface area (Å²) in [7, 11) is 0. The Bertz CT molecular complexity index is 995. The Kier molecular flexibility index (Phi) is 3.96. The Balaban J connectivity index is 1.80. The van der Waals surface area contributed by atoms with Crippen molar-refractivity contribution < 1.29 is 9.53 Å². The summed E-state index contributed by atoms with van der Waals surface area (Å²) >= 11 is 0.